The van der Waals surface area contributed by atoms with Crippen molar-refractivity contribution >= 4 is 37.7 Å². The molecular formula is C4CaMnN4. The fourth-order valence-corrected chi connectivity index (χ4v) is 0. The molecule has 0 spiro atoms. The van der Waals surface area contributed by atoms with Gasteiger partial charge in [0.05, 0.1) is 0 Å². The van der Waals surface area contributed by atoms with Gasteiger partial charge in [0.25, 0.3) is 0 Å². The predicted octanol–water partition coefficient (Wildman–Crippen LogP) is 0.00218. The average molecular weight is 199 g/mol. The van der Waals surface area contributed by atoms with Crippen molar-refractivity contribution in [2.45, 2.75) is 0 Å². The van der Waals surface area contributed by atoms with Crippen LogP contribution < -0.4 is 0 Å². The molecule has 0 heterocycles. The Morgan fingerprint density at radius 2 is 0.500 bits per heavy atom. The minimum absolute atomic E-state index is 0. The number of hydrogen-bond donors (Lipinski definition) is 0. The summed E-state index contributed by atoms with van der Waals surface area (Å²) in [6.45, 7) is 19.0. The Kier molecular flexibility index (Phi) is 40900. The summed E-state index contributed by atoms with van der Waals surface area (Å²) in [5.74, 6) is 0. The van der Waals surface area contributed by atoms with Crippen LogP contribution in [0, 0.1) is 47.3 Å². The van der Waals surface area contributed by atoms with E-state index in [1.54, 1.807) is 0 Å². The molecule has 0 aliphatic carbocycles. The first-order valence-electron chi connectivity index (χ1n) is 0.894. The zero-order chi connectivity index (χ0) is 8.00. The molecule has 0 fully saturated rings. The Hall–Kier alpha value is -0.261. The third-order valence-corrected chi connectivity index (χ3v) is 0. The van der Waals surface area contributed by atoms with Crippen molar-refractivity contribution in [3.05, 3.63) is 26.3 Å². The van der Waals surface area contributed by atoms with Crippen LogP contribution in [0.1, 0.15) is 0 Å². The van der Waals surface area contributed by atoms with Crippen molar-refractivity contribution in [2.24, 2.45) is 0 Å². The van der Waals surface area contributed by atoms with E-state index in [0.29, 0.717) is 0 Å². The molecule has 0 saturated heterocycles. The summed E-state index contributed by atoms with van der Waals surface area (Å²) in [4.78, 5) is 0. The molecular weight excluding hydrogens is 199 g/mol. The molecule has 0 N–H and O–H groups in total. The van der Waals surface area contributed by atoms with Crippen LogP contribution in [0.2, 0.25) is 0 Å². The van der Waals surface area contributed by atoms with Crippen LogP contribution in [-0.4, -0.2) is 37.7 Å². The molecule has 0 unspecified atom stereocenters. The quantitative estimate of drug-likeness (QED) is 0.405. The van der Waals surface area contributed by atoms with Crippen molar-refractivity contribution in [3.8, 4) is 0 Å². The molecule has 0 rings (SSSR count). The first kappa shape index (κ1) is 53.2. The van der Waals surface area contributed by atoms with Gasteiger partial charge < -0.3 is 47.3 Å². The van der Waals surface area contributed by atoms with Crippen molar-refractivity contribution in [3.63, 3.8) is 0 Å². The molecule has 10 heavy (non-hydrogen) atoms. The van der Waals surface area contributed by atoms with Gasteiger partial charge in [-0.2, -0.15) is 0 Å². The molecule has 0 aromatic carbocycles. The number of rotatable bonds is 0. The maximum Gasteiger partial charge on any atom is 2.00 e. The average Bonchev–Trinajstić information content (AvgIpc) is 2.03. The van der Waals surface area contributed by atoms with E-state index in [1.807, 2.05) is 0 Å². The van der Waals surface area contributed by atoms with Crippen molar-refractivity contribution in [1.82, 2.24) is 0 Å². The molecule has 0 aliphatic rings. The van der Waals surface area contributed by atoms with E-state index in [4.69, 9.17) is 47.3 Å². The normalized spacial score (nSPS) is 0.800. The smallest absolute Gasteiger partial charge is 0.512 e. The zero-order valence-corrected chi connectivity index (χ0v) is 8.26. The molecule has 0 aliphatic heterocycles. The van der Waals surface area contributed by atoms with Gasteiger partial charge in [-0.1, -0.05) is 0 Å². The molecule has 0 aromatic rings. The summed E-state index contributed by atoms with van der Waals surface area (Å²) in [6, 6.07) is 0. The van der Waals surface area contributed by atoms with E-state index in [1.165, 1.54) is 0 Å². The first-order valence-corrected chi connectivity index (χ1v) is 0.894. The second kappa shape index (κ2) is 7700. The van der Waals surface area contributed by atoms with Crippen LogP contribution in [-0.2, 0) is 17.1 Å². The second-order valence-corrected chi connectivity index (χ2v) is 0. The molecule has 0 amide bonds. The monoisotopic (exact) mass is 199 g/mol. The van der Waals surface area contributed by atoms with Crippen LogP contribution in [0.5, 0.6) is 0 Å². The molecule has 0 atom stereocenters. The van der Waals surface area contributed by atoms with Crippen molar-refractivity contribution in [2.75, 3.05) is 0 Å². The van der Waals surface area contributed by atoms with Crippen molar-refractivity contribution in [1.29, 1.82) is 21.0 Å². The van der Waals surface area contributed by atoms with Gasteiger partial charge in [0.2, 0.25) is 0 Å². The van der Waals surface area contributed by atoms with Gasteiger partial charge in [0, 0.05) is 0 Å². The van der Waals surface area contributed by atoms with Crippen LogP contribution >= 0.6 is 0 Å². The van der Waals surface area contributed by atoms with Gasteiger partial charge in [-0.05, 0) is 0 Å². The standard InChI is InChI=1S/4CN.Ca.Mn/c4*1-2;;/q4*-1;2*+2. The SMILES string of the molecule is [C-]#N.[C-]#N.[C-]#N.[C-]#N.[Ca+2].[Mn+2]. The summed E-state index contributed by atoms with van der Waals surface area (Å²) in [5.41, 5.74) is 0. The zero-order valence-electron chi connectivity index (χ0n) is 4.87. The van der Waals surface area contributed by atoms with Gasteiger partial charge in [-0.3, -0.25) is 0 Å². The minimum atomic E-state index is 0. The maximum absolute atomic E-state index is 6.25. The Labute approximate surface area is 101 Å². The van der Waals surface area contributed by atoms with E-state index < -0.39 is 0 Å². The van der Waals surface area contributed by atoms with E-state index in [0.717, 1.165) is 0 Å². The molecule has 6 heteroatoms. The Bertz CT molecular complexity index is 60.2. The van der Waals surface area contributed by atoms with Crippen LogP contribution in [0.15, 0.2) is 0 Å². The van der Waals surface area contributed by atoms with Crippen LogP contribution in [0.25, 0.3) is 0 Å². The fraction of sp³-hybridized carbons (Fsp3) is 0. The van der Waals surface area contributed by atoms with Crippen molar-refractivity contribution < 1.29 is 17.1 Å². The molecule has 1 radical (unpaired) electrons. The molecule has 0 bridgehead atoms. The van der Waals surface area contributed by atoms with E-state index >= 15 is 0 Å². The topological polar surface area (TPSA) is 95.2 Å². The number of nitrogens with zero attached hydrogens (tertiary/aromatic N) is 4. The Morgan fingerprint density at radius 3 is 0.500 bits per heavy atom. The van der Waals surface area contributed by atoms with Gasteiger partial charge in [-0.15, -0.1) is 0 Å². The Balaban J connectivity index is -0.00000000500. The Morgan fingerprint density at radius 1 is 0.500 bits per heavy atom. The van der Waals surface area contributed by atoms with Gasteiger partial charge in [0.15, 0.2) is 0 Å². The van der Waals surface area contributed by atoms with E-state index in [-0.39, 0.29) is 54.8 Å². The van der Waals surface area contributed by atoms with Gasteiger partial charge in [0.1, 0.15) is 0 Å². The third-order valence-electron chi connectivity index (χ3n) is 0. The molecule has 4 nitrogen and oxygen atoms in total. The minimum Gasteiger partial charge on any atom is -0.512 e. The van der Waals surface area contributed by atoms with Crippen LogP contribution in [0.4, 0.5) is 0 Å². The van der Waals surface area contributed by atoms with Gasteiger partial charge >= 0.3 is 54.8 Å². The summed E-state index contributed by atoms with van der Waals surface area (Å²) in [5, 5.41) is 25.0. The van der Waals surface area contributed by atoms with E-state index in [9.17, 15) is 0 Å². The van der Waals surface area contributed by atoms with Crippen LogP contribution in [0.3, 0.4) is 0 Å². The first-order chi connectivity index (χ1) is 4.00. The summed E-state index contributed by atoms with van der Waals surface area (Å²) in [6.07, 6.45) is 0. The van der Waals surface area contributed by atoms with Gasteiger partial charge in [-0.25, -0.2) is 0 Å². The maximum atomic E-state index is 6.25. The summed E-state index contributed by atoms with van der Waals surface area (Å²) >= 11 is 0. The largest absolute Gasteiger partial charge is 2.00 e. The second-order valence-electron chi connectivity index (χ2n) is 0. The molecule has 45 valence electrons. The fourth-order valence-electron chi connectivity index (χ4n) is 0. The van der Waals surface area contributed by atoms with E-state index in [2.05, 4.69) is 0 Å². The molecule has 0 aromatic heterocycles. The number of hydrogen-bond acceptors (Lipinski definition) is 4. The third kappa shape index (κ3) is 5170. The predicted molar refractivity (Wildman–Crippen MR) is 25.6 cm³/mol. The summed E-state index contributed by atoms with van der Waals surface area (Å²) in [7, 11) is 0. The molecule has 0 saturated carbocycles. The summed E-state index contributed by atoms with van der Waals surface area (Å²) < 4.78 is 0.